The summed E-state index contributed by atoms with van der Waals surface area (Å²) in [5, 5.41) is 2.35. The molecule has 0 bridgehead atoms. The Morgan fingerprint density at radius 2 is 1.71 bits per heavy atom. The van der Waals surface area contributed by atoms with Crippen molar-refractivity contribution < 1.29 is 4.42 Å². The molecule has 0 fully saturated rings. The lowest BCUT2D eigenvalue weighted by Gasteiger charge is -2.47. The van der Waals surface area contributed by atoms with E-state index in [0.29, 0.717) is 0 Å². The molecule has 0 radical (unpaired) electrons. The standard InChI is InChI=1S/C31H24N2O/c1-31(24-12-4-2-11-23(24)26-13-6-8-18-32-26)20-33-19-9-7-14-27(33)29-25(31)17-16-22-21-10-3-5-15-28(21)34-30(22)29/h2-19,27H,20H2,1H3/t27?,31-/m0/s1. The molecule has 2 atom stereocenters. The van der Waals surface area contributed by atoms with Gasteiger partial charge in [-0.25, -0.2) is 0 Å². The molecule has 3 nitrogen and oxygen atoms in total. The average molecular weight is 441 g/mol. The first-order valence-corrected chi connectivity index (χ1v) is 11.8. The minimum Gasteiger partial charge on any atom is -0.456 e. The first-order valence-electron chi connectivity index (χ1n) is 11.8. The van der Waals surface area contributed by atoms with Crippen LogP contribution in [0.25, 0.3) is 33.2 Å². The van der Waals surface area contributed by atoms with E-state index in [1.54, 1.807) is 0 Å². The van der Waals surface area contributed by atoms with Crippen LogP contribution >= 0.6 is 0 Å². The maximum atomic E-state index is 6.55. The summed E-state index contributed by atoms with van der Waals surface area (Å²) in [5.41, 5.74) is 7.74. The van der Waals surface area contributed by atoms with Crippen LogP contribution in [0.15, 0.2) is 114 Å². The molecular weight excluding hydrogens is 416 g/mol. The topological polar surface area (TPSA) is 29.3 Å². The van der Waals surface area contributed by atoms with Crippen molar-refractivity contribution in [2.45, 2.75) is 18.4 Å². The average Bonchev–Trinajstić information content (AvgIpc) is 3.28. The molecule has 0 spiro atoms. The number of para-hydroxylation sites is 1. The van der Waals surface area contributed by atoms with E-state index >= 15 is 0 Å². The minimum absolute atomic E-state index is 0.152. The number of allylic oxidation sites excluding steroid dienone is 2. The fraction of sp³-hybridized carbons (Fsp3) is 0.129. The van der Waals surface area contributed by atoms with Crippen molar-refractivity contribution in [2.24, 2.45) is 0 Å². The molecule has 0 saturated heterocycles. The monoisotopic (exact) mass is 440 g/mol. The third-order valence-electron chi connectivity index (χ3n) is 7.48. The van der Waals surface area contributed by atoms with Crippen LogP contribution in [0.3, 0.4) is 0 Å². The predicted octanol–water partition coefficient (Wildman–Crippen LogP) is 7.39. The summed E-state index contributed by atoms with van der Waals surface area (Å²) in [6.07, 6.45) is 10.7. The Balaban J connectivity index is 1.55. The van der Waals surface area contributed by atoms with Crippen LogP contribution < -0.4 is 0 Å². The normalized spacial score (nSPS) is 21.1. The lowest BCUT2D eigenvalue weighted by Crippen LogP contribution is -2.45. The molecule has 4 heterocycles. The van der Waals surface area contributed by atoms with Gasteiger partial charge in [-0.1, -0.05) is 72.8 Å². The summed E-state index contributed by atoms with van der Waals surface area (Å²) in [6.45, 7) is 3.24. The molecule has 2 aliphatic rings. The summed E-state index contributed by atoms with van der Waals surface area (Å²) in [7, 11) is 0. The molecule has 1 unspecified atom stereocenters. The number of pyridine rings is 1. The quantitative estimate of drug-likeness (QED) is 0.286. The second-order valence-corrected chi connectivity index (χ2v) is 9.44. The molecule has 7 rings (SSSR count). The van der Waals surface area contributed by atoms with Crippen molar-refractivity contribution in [1.82, 2.24) is 9.88 Å². The van der Waals surface area contributed by atoms with Gasteiger partial charge in [0.2, 0.25) is 0 Å². The number of aromatic nitrogens is 1. The highest BCUT2D eigenvalue weighted by Gasteiger charge is 2.43. The SMILES string of the molecule is C[C@@]1(c2ccccc2-c2ccccn2)CN2C=CC=CC2c2c1ccc1c2oc2ccccc21. The highest BCUT2D eigenvalue weighted by Crippen LogP contribution is 2.50. The van der Waals surface area contributed by atoms with Crippen molar-refractivity contribution in [3.63, 3.8) is 0 Å². The fourth-order valence-corrected chi connectivity index (χ4v) is 5.92. The Morgan fingerprint density at radius 3 is 2.62 bits per heavy atom. The van der Waals surface area contributed by atoms with E-state index in [2.05, 4.69) is 103 Å². The van der Waals surface area contributed by atoms with E-state index in [0.717, 1.165) is 23.4 Å². The summed E-state index contributed by atoms with van der Waals surface area (Å²) < 4.78 is 6.55. The van der Waals surface area contributed by atoms with Gasteiger partial charge in [0.05, 0.1) is 11.7 Å². The van der Waals surface area contributed by atoms with Gasteiger partial charge in [-0.2, -0.15) is 0 Å². The Kier molecular flexibility index (Phi) is 4.10. The van der Waals surface area contributed by atoms with Gasteiger partial charge in [0, 0.05) is 40.1 Å². The zero-order valence-electron chi connectivity index (χ0n) is 19.0. The van der Waals surface area contributed by atoms with Gasteiger partial charge in [-0.3, -0.25) is 4.98 Å². The molecule has 34 heavy (non-hydrogen) atoms. The molecule has 2 aliphatic heterocycles. The van der Waals surface area contributed by atoms with Crippen LogP contribution in [0.2, 0.25) is 0 Å². The Labute approximate surface area is 198 Å². The van der Waals surface area contributed by atoms with Gasteiger partial charge >= 0.3 is 0 Å². The highest BCUT2D eigenvalue weighted by atomic mass is 16.3. The lowest BCUT2D eigenvalue weighted by atomic mass is 9.68. The number of hydrogen-bond donors (Lipinski definition) is 0. The van der Waals surface area contributed by atoms with Gasteiger partial charge in [0.1, 0.15) is 11.2 Å². The smallest absolute Gasteiger partial charge is 0.141 e. The number of rotatable bonds is 2. The molecule has 0 N–H and O–H groups in total. The molecule has 3 heteroatoms. The van der Waals surface area contributed by atoms with Crippen molar-refractivity contribution in [3.8, 4) is 11.3 Å². The molecule has 0 amide bonds. The summed E-state index contributed by atoms with van der Waals surface area (Å²) >= 11 is 0. The number of furan rings is 1. The second-order valence-electron chi connectivity index (χ2n) is 9.44. The van der Waals surface area contributed by atoms with E-state index in [-0.39, 0.29) is 11.5 Å². The van der Waals surface area contributed by atoms with Gasteiger partial charge in [0.15, 0.2) is 0 Å². The van der Waals surface area contributed by atoms with Gasteiger partial charge in [-0.15, -0.1) is 0 Å². The first-order chi connectivity index (χ1) is 16.7. The molecule has 164 valence electrons. The van der Waals surface area contributed by atoms with Crippen LogP contribution in [0.5, 0.6) is 0 Å². The van der Waals surface area contributed by atoms with Crippen molar-refractivity contribution in [1.29, 1.82) is 0 Å². The van der Waals surface area contributed by atoms with E-state index in [4.69, 9.17) is 9.40 Å². The Morgan fingerprint density at radius 1 is 0.853 bits per heavy atom. The first kappa shape index (κ1) is 19.4. The summed E-state index contributed by atoms with van der Waals surface area (Å²) in [4.78, 5) is 7.14. The molecule has 0 saturated carbocycles. The second kappa shape index (κ2) is 7.19. The van der Waals surface area contributed by atoms with Gasteiger partial charge in [0.25, 0.3) is 0 Å². The molecule has 0 aliphatic carbocycles. The van der Waals surface area contributed by atoms with Crippen LogP contribution in [-0.4, -0.2) is 16.4 Å². The third kappa shape index (κ3) is 2.67. The number of benzene rings is 3. The minimum atomic E-state index is -0.247. The van der Waals surface area contributed by atoms with E-state index in [1.165, 1.54) is 33.0 Å². The zero-order valence-corrected chi connectivity index (χ0v) is 19.0. The van der Waals surface area contributed by atoms with Crippen LogP contribution in [-0.2, 0) is 5.41 Å². The Bertz CT molecular complexity index is 1610. The van der Waals surface area contributed by atoms with Crippen molar-refractivity contribution in [3.05, 3.63) is 126 Å². The maximum Gasteiger partial charge on any atom is 0.141 e. The molecule has 5 aromatic rings. The van der Waals surface area contributed by atoms with E-state index < -0.39 is 0 Å². The van der Waals surface area contributed by atoms with Crippen LogP contribution in [0, 0.1) is 0 Å². The Hall–Kier alpha value is -4.11. The summed E-state index contributed by atoms with van der Waals surface area (Å²) in [6, 6.07) is 27.9. The third-order valence-corrected chi connectivity index (χ3v) is 7.48. The molecule has 2 aromatic heterocycles. The van der Waals surface area contributed by atoms with Crippen LogP contribution in [0.1, 0.15) is 29.7 Å². The number of fused-ring (bicyclic) bond motifs is 7. The largest absolute Gasteiger partial charge is 0.456 e. The molecular formula is C31H24N2O. The van der Waals surface area contributed by atoms with E-state index in [1.807, 2.05) is 18.3 Å². The lowest BCUT2D eigenvalue weighted by molar-refractivity contribution is 0.244. The van der Waals surface area contributed by atoms with Crippen molar-refractivity contribution >= 4 is 21.9 Å². The maximum absolute atomic E-state index is 6.55. The van der Waals surface area contributed by atoms with Gasteiger partial charge < -0.3 is 9.32 Å². The molecule has 3 aromatic carbocycles. The van der Waals surface area contributed by atoms with Crippen molar-refractivity contribution in [2.75, 3.05) is 6.54 Å². The summed E-state index contributed by atoms with van der Waals surface area (Å²) in [5.74, 6) is 0. The predicted molar refractivity (Wildman–Crippen MR) is 138 cm³/mol. The number of nitrogens with zero attached hydrogens (tertiary/aromatic N) is 2. The number of hydrogen-bond acceptors (Lipinski definition) is 3. The highest BCUT2D eigenvalue weighted by molar-refractivity contribution is 6.06. The zero-order chi connectivity index (χ0) is 22.7. The van der Waals surface area contributed by atoms with Crippen LogP contribution in [0.4, 0.5) is 0 Å². The van der Waals surface area contributed by atoms with Gasteiger partial charge in [-0.05, 0) is 48.5 Å². The fourth-order valence-electron chi connectivity index (χ4n) is 5.92. The van der Waals surface area contributed by atoms with E-state index in [9.17, 15) is 0 Å².